The van der Waals surface area contributed by atoms with Crippen molar-refractivity contribution in [3.8, 4) is 0 Å². The number of hydrogen-bond acceptors (Lipinski definition) is 3. The lowest BCUT2D eigenvalue weighted by Gasteiger charge is -2.09. The van der Waals surface area contributed by atoms with Crippen molar-refractivity contribution in [2.24, 2.45) is 0 Å². The maximum absolute atomic E-state index is 13.1. The number of hydrogen-bond donors (Lipinski definition) is 2. The second-order valence-corrected chi connectivity index (χ2v) is 6.34. The fraction of sp³-hybridized carbons (Fsp3) is 0.133. The predicted octanol–water partition coefficient (Wildman–Crippen LogP) is 3.11. The minimum atomic E-state index is -4.04. The van der Waals surface area contributed by atoms with E-state index in [1.54, 1.807) is 6.92 Å². The smallest absolute Gasteiger partial charge is 0.261 e. The van der Waals surface area contributed by atoms with Crippen LogP contribution < -0.4 is 10.0 Å². The molecule has 0 aliphatic rings. The van der Waals surface area contributed by atoms with E-state index in [1.165, 1.54) is 24.3 Å². The standard InChI is InChI=1S/C15H14F2N2O3S/c1-2-15(20)18-10-3-5-11(6-4-10)19-23(21,22)12-7-8-13(16)14(17)9-12/h3-9,19H,2H2,1H3,(H,18,20). The fourth-order valence-corrected chi connectivity index (χ4v) is 2.80. The van der Waals surface area contributed by atoms with Gasteiger partial charge in [-0.2, -0.15) is 0 Å². The topological polar surface area (TPSA) is 75.3 Å². The molecule has 8 heteroatoms. The summed E-state index contributed by atoms with van der Waals surface area (Å²) >= 11 is 0. The zero-order valence-electron chi connectivity index (χ0n) is 12.1. The lowest BCUT2D eigenvalue weighted by Crippen LogP contribution is -2.14. The average Bonchev–Trinajstić information content (AvgIpc) is 2.51. The molecule has 0 radical (unpaired) electrons. The molecule has 0 fully saturated rings. The molecule has 0 aliphatic heterocycles. The molecule has 0 aliphatic carbocycles. The van der Waals surface area contributed by atoms with Crippen molar-refractivity contribution in [1.29, 1.82) is 0 Å². The molecule has 2 rings (SSSR count). The first-order chi connectivity index (χ1) is 10.8. The van der Waals surface area contributed by atoms with Gasteiger partial charge in [-0.1, -0.05) is 6.92 Å². The maximum Gasteiger partial charge on any atom is 0.261 e. The van der Waals surface area contributed by atoms with Gasteiger partial charge in [-0.15, -0.1) is 0 Å². The van der Waals surface area contributed by atoms with E-state index in [9.17, 15) is 22.0 Å². The molecule has 0 saturated carbocycles. The van der Waals surface area contributed by atoms with Gasteiger partial charge in [0.2, 0.25) is 5.91 Å². The molecule has 2 N–H and O–H groups in total. The predicted molar refractivity (Wildman–Crippen MR) is 82.5 cm³/mol. The Labute approximate surface area is 132 Å². The summed E-state index contributed by atoms with van der Waals surface area (Å²) in [5.41, 5.74) is 0.747. The molecule has 1 amide bonds. The van der Waals surface area contributed by atoms with E-state index in [0.717, 1.165) is 12.1 Å². The van der Waals surface area contributed by atoms with Gasteiger partial charge in [0, 0.05) is 17.8 Å². The first-order valence-corrected chi connectivity index (χ1v) is 8.18. The number of anilines is 2. The molecule has 0 atom stereocenters. The molecular formula is C15H14F2N2O3S. The molecule has 0 heterocycles. The molecule has 0 unspecified atom stereocenters. The molecular weight excluding hydrogens is 326 g/mol. The second kappa shape index (κ2) is 6.74. The fourth-order valence-electron chi connectivity index (χ4n) is 1.73. The molecule has 2 aromatic rings. The Balaban J connectivity index is 2.17. The van der Waals surface area contributed by atoms with Crippen LogP contribution in [0.5, 0.6) is 0 Å². The van der Waals surface area contributed by atoms with Crippen LogP contribution in [0.3, 0.4) is 0 Å². The Morgan fingerprint density at radius 1 is 1.00 bits per heavy atom. The molecule has 0 aromatic heterocycles. The first kappa shape index (κ1) is 16.9. The van der Waals surface area contributed by atoms with Crippen LogP contribution in [0.15, 0.2) is 47.4 Å². The van der Waals surface area contributed by atoms with E-state index in [2.05, 4.69) is 10.0 Å². The van der Waals surface area contributed by atoms with Gasteiger partial charge in [-0.3, -0.25) is 9.52 Å². The van der Waals surface area contributed by atoms with Crippen molar-refractivity contribution >= 4 is 27.3 Å². The quantitative estimate of drug-likeness (QED) is 0.878. The summed E-state index contributed by atoms with van der Waals surface area (Å²) in [4.78, 5) is 10.9. The van der Waals surface area contributed by atoms with E-state index in [1.807, 2.05) is 0 Å². The van der Waals surface area contributed by atoms with Crippen LogP contribution in [0.1, 0.15) is 13.3 Å². The SMILES string of the molecule is CCC(=O)Nc1ccc(NS(=O)(=O)c2ccc(F)c(F)c2)cc1. The van der Waals surface area contributed by atoms with Gasteiger partial charge in [0.25, 0.3) is 10.0 Å². The lowest BCUT2D eigenvalue weighted by atomic mass is 10.3. The van der Waals surface area contributed by atoms with Crippen molar-refractivity contribution < 1.29 is 22.0 Å². The summed E-state index contributed by atoms with van der Waals surface area (Å²) in [5.74, 6) is -2.54. The molecule has 122 valence electrons. The van der Waals surface area contributed by atoms with Crippen LogP contribution >= 0.6 is 0 Å². The Morgan fingerprint density at radius 2 is 1.61 bits per heavy atom. The monoisotopic (exact) mass is 340 g/mol. The third-order valence-electron chi connectivity index (χ3n) is 2.94. The summed E-state index contributed by atoms with van der Waals surface area (Å²) in [6.07, 6.45) is 0.324. The van der Waals surface area contributed by atoms with Crippen LogP contribution in [-0.2, 0) is 14.8 Å². The van der Waals surface area contributed by atoms with E-state index in [4.69, 9.17) is 0 Å². The highest BCUT2D eigenvalue weighted by molar-refractivity contribution is 7.92. The van der Waals surface area contributed by atoms with E-state index < -0.39 is 21.7 Å². The zero-order valence-corrected chi connectivity index (χ0v) is 13.0. The summed E-state index contributed by atoms with van der Waals surface area (Å²) in [6, 6.07) is 8.26. The van der Waals surface area contributed by atoms with Gasteiger partial charge in [-0.25, -0.2) is 17.2 Å². The molecule has 2 aromatic carbocycles. The number of carbonyl (C=O) groups is 1. The maximum atomic E-state index is 13.1. The van der Waals surface area contributed by atoms with E-state index in [-0.39, 0.29) is 16.5 Å². The molecule has 0 spiro atoms. The highest BCUT2D eigenvalue weighted by Crippen LogP contribution is 2.20. The van der Waals surface area contributed by atoms with Crippen LogP contribution in [0.2, 0.25) is 0 Å². The number of nitrogens with one attached hydrogen (secondary N) is 2. The number of carbonyl (C=O) groups excluding carboxylic acids is 1. The van der Waals surface area contributed by atoms with Gasteiger partial charge in [0.15, 0.2) is 11.6 Å². The van der Waals surface area contributed by atoms with Crippen molar-refractivity contribution in [2.75, 3.05) is 10.0 Å². The summed E-state index contributed by atoms with van der Waals surface area (Å²) < 4.78 is 52.5. The normalized spacial score (nSPS) is 11.1. The van der Waals surface area contributed by atoms with Crippen molar-refractivity contribution in [2.45, 2.75) is 18.2 Å². The van der Waals surface area contributed by atoms with Gasteiger partial charge >= 0.3 is 0 Å². The molecule has 5 nitrogen and oxygen atoms in total. The van der Waals surface area contributed by atoms with Gasteiger partial charge in [0.1, 0.15) is 0 Å². The van der Waals surface area contributed by atoms with Crippen LogP contribution in [0.25, 0.3) is 0 Å². The molecule has 0 saturated heterocycles. The Morgan fingerprint density at radius 3 is 2.17 bits per heavy atom. The highest BCUT2D eigenvalue weighted by atomic mass is 32.2. The van der Waals surface area contributed by atoms with E-state index >= 15 is 0 Å². The third kappa shape index (κ3) is 4.26. The summed E-state index contributed by atoms with van der Waals surface area (Å²) in [5, 5.41) is 2.62. The number of rotatable bonds is 5. The first-order valence-electron chi connectivity index (χ1n) is 6.69. The summed E-state index contributed by atoms with van der Waals surface area (Å²) in [6.45, 7) is 1.71. The number of benzene rings is 2. The zero-order chi connectivity index (χ0) is 17.0. The number of amides is 1. The van der Waals surface area contributed by atoms with Crippen molar-refractivity contribution in [3.05, 3.63) is 54.1 Å². The van der Waals surface area contributed by atoms with Crippen molar-refractivity contribution in [1.82, 2.24) is 0 Å². The average molecular weight is 340 g/mol. The lowest BCUT2D eigenvalue weighted by molar-refractivity contribution is -0.115. The minimum Gasteiger partial charge on any atom is -0.326 e. The minimum absolute atomic E-state index is 0.167. The Bertz CT molecular complexity index is 821. The third-order valence-corrected chi connectivity index (χ3v) is 4.32. The van der Waals surface area contributed by atoms with Crippen molar-refractivity contribution in [3.63, 3.8) is 0 Å². The van der Waals surface area contributed by atoms with E-state index in [0.29, 0.717) is 18.2 Å². The van der Waals surface area contributed by atoms with Crippen LogP contribution in [-0.4, -0.2) is 14.3 Å². The number of sulfonamides is 1. The summed E-state index contributed by atoms with van der Waals surface area (Å²) in [7, 11) is -4.04. The van der Waals surface area contributed by atoms with Crippen LogP contribution in [0, 0.1) is 11.6 Å². The molecule has 23 heavy (non-hydrogen) atoms. The van der Waals surface area contributed by atoms with Crippen LogP contribution in [0.4, 0.5) is 20.2 Å². The van der Waals surface area contributed by atoms with Gasteiger partial charge in [0.05, 0.1) is 4.90 Å². The highest BCUT2D eigenvalue weighted by Gasteiger charge is 2.16. The largest absolute Gasteiger partial charge is 0.326 e. The number of halogens is 2. The van der Waals surface area contributed by atoms with Gasteiger partial charge < -0.3 is 5.32 Å². The Kier molecular flexibility index (Phi) is 4.95. The van der Waals surface area contributed by atoms with Gasteiger partial charge in [-0.05, 0) is 42.5 Å². The molecule has 0 bridgehead atoms. The second-order valence-electron chi connectivity index (χ2n) is 4.66. The Hall–Kier alpha value is -2.48.